The van der Waals surface area contributed by atoms with Crippen molar-refractivity contribution in [3.05, 3.63) is 23.2 Å². The van der Waals surface area contributed by atoms with Crippen LogP contribution in [0.25, 0.3) is 0 Å². The second-order valence-corrected chi connectivity index (χ2v) is 6.60. The van der Waals surface area contributed by atoms with Gasteiger partial charge in [0.1, 0.15) is 0 Å². The normalized spacial score (nSPS) is 20.7. The van der Waals surface area contributed by atoms with Gasteiger partial charge in [0, 0.05) is 12.2 Å². The summed E-state index contributed by atoms with van der Waals surface area (Å²) in [5.74, 6) is 1.32. The van der Waals surface area contributed by atoms with E-state index in [-0.39, 0.29) is 11.9 Å². The summed E-state index contributed by atoms with van der Waals surface area (Å²) in [6, 6.07) is 4.97. The number of carbonyl (C=O) groups excluding carboxylic acids is 1. The molecule has 1 aromatic carbocycles. The first-order chi connectivity index (χ1) is 9.88. The van der Waals surface area contributed by atoms with Crippen LogP contribution in [0.4, 0.5) is 11.4 Å². The molecule has 0 aliphatic carbocycles. The lowest BCUT2D eigenvalue weighted by Crippen LogP contribution is -2.41. The van der Waals surface area contributed by atoms with Crippen LogP contribution in [0.5, 0.6) is 0 Å². The highest BCUT2D eigenvalue weighted by molar-refractivity contribution is 6.34. The van der Waals surface area contributed by atoms with E-state index in [9.17, 15) is 4.79 Å². The zero-order valence-electron chi connectivity index (χ0n) is 12.9. The van der Waals surface area contributed by atoms with Gasteiger partial charge in [-0.15, -0.1) is 0 Å². The van der Waals surface area contributed by atoms with Crippen LogP contribution in [0.3, 0.4) is 0 Å². The Kier molecular flexibility index (Phi) is 5.12. The lowest BCUT2D eigenvalue weighted by Gasteiger charge is -2.24. The van der Waals surface area contributed by atoms with Crippen LogP contribution in [0, 0.1) is 11.8 Å². The molecule has 4 nitrogen and oxygen atoms in total. The van der Waals surface area contributed by atoms with Gasteiger partial charge in [0.2, 0.25) is 5.91 Å². The van der Waals surface area contributed by atoms with Crippen molar-refractivity contribution in [2.45, 2.75) is 33.2 Å². The molecule has 1 aromatic rings. The predicted octanol–water partition coefficient (Wildman–Crippen LogP) is 3.23. The summed E-state index contributed by atoms with van der Waals surface area (Å²) in [5.41, 5.74) is 6.86. The molecule has 1 saturated heterocycles. The SMILES string of the molecule is CC(C)C1CCN(C(C)C(=O)Nc2ccc(N)cc2Cl)C1. The minimum atomic E-state index is -0.151. The van der Waals surface area contributed by atoms with Crippen LogP contribution in [0.1, 0.15) is 27.2 Å². The van der Waals surface area contributed by atoms with E-state index >= 15 is 0 Å². The number of nitrogen functional groups attached to an aromatic ring is 1. The highest BCUT2D eigenvalue weighted by atomic mass is 35.5. The van der Waals surface area contributed by atoms with E-state index in [4.69, 9.17) is 17.3 Å². The third-order valence-corrected chi connectivity index (χ3v) is 4.69. The molecule has 2 unspecified atom stereocenters. The summed E-state index contributed by atoms with van der Waals surface area (Å²) < 4.78 is 0. The lowest BCUT2D eigenvalue weighted by molar-refractivity contribution is -0.120. The number of rotatable bonds is 4. The Morgan fingerprint density at radius 1 is 1.43 bits per heavy atom. The number of nitrogens with one attached hydrogen (secondary N) is 1. The topological polar surface area (TPSA) is 58.4 Å². The summed E-state index contributed by atoms with van der Waals surface area (Å²) in [7, 11) is 0. The molecule has 1 fully saturated rings. The van der Waals surface area contributed by atoms with E-state index in [1.54, 1.807) is 18.2 Å². The van der Waals surface area contributed by atoms with Crippen molar-refractivity contribution in [3.63, 3.8) is 0 Å². The van der Waals surface area contributed by atoms with Gasteiger partial charge >= 0.3 is 0 Å². The Hall–Kier alpha value is -1.26. The molecule has 0 bridgehead atoms. The van der Waals surface area contributed by atoms with E-state index < -0.39 is 0 Å². The van der Waals surface area contributed by atoms with Gasteiger partial charge in [-0.3, -0.25) is 9.69 Å². The van der Waals surface area contributed by atoms with E-state index in [1.807, 2.05) is 6.92 Å². The minimum absolute atomic E-state index is 0.0222. The Labute approximate surface area is 131 Å². The number of halogens is 1. The molecule has 3 N–H and O–H groups in total. The fourth-order valence-corrected chi connectivity index (χ4v) is 2.98. The average molecular weight is 310 g/mol. The Morgan fingerprint density at radius 2 is 2.14 bits per heavy atom. The maximum absolute atomic E-state index is 12.4. The van der Waals surface area contributed by atoms with Gasteiger partial charge in [-0.05, 0) is 49.9 Å². The van der Waals surface area contributed by atoms with Crippen molar-refractivity contribution in [1.82, 2.24) is 4.90 Å². The Bertz CT molecular complexity index is 518. The third kappa shape index (κ3) is 3.89. The van der Waals surface area contributed by atoms with Gasteiger partial charge in [-0.25, -0.2) is 0 Å². The Morgan fingerprint density at radius 3 is 2.71 bits per heavy atom. The maximum atomic E-state index is 12.4. The van der Waals surface area contributed by atoms with Crippen molar-refractivity contribution in [3.8, 4) is 0 Å². The number of amides is 1. The molecule has 1 amide bonds. The van der Waals surface area contributed by atoms with Crippen molar-refractivity contribution in [2.24, 2.45) is 11.8 Å². The van der Waals surface area contributed by atoms with Gasteiger partial charge in [0.15, 0.2) is 0 Å². The zero-order valence-corrected chi connectivity index (χ0v) is 13.7. The first-order valence-corrected chi connectivity index (χ1v) is 7.86. The second-order valence-electron chi connectivity index (χ2n) is 6.19. The Balaban J connectivity index is 1.97. The van der Waals surface area contributed by atoms with E-state index in [2.05, 4.69) is 24.1 Å². The maximum Gasteiger partial charge on any atom is 0.241 e. The fraction of sp³-hybridized carbons (Fsp3) is 0.562. The zero-order chi connectivity index (χ0) is 15.6. The molecule has 2 rings (SSSR count). The lowest BCUT2D eigenvalue weighted by atomic mass is 9.95. The van der Waals surface area contributed by atoms with Crippen molar-refractivity contribution in [2.75, 3.05) is 24.1 Å². The number of benzene rings is 1. The molecule has 0 saturated carbocycles. The molecule has 0 spiro atoms. The second kappa shape index (κ2) is 6.67. The number of nitrogens with two attached hydrogens (primary N) is 1. The van der Waals surface area contributed by atoms with Gasteiger partial charge in [0.25, 0.3) is 0 Å². The number of nitrogens with zero attached hydrogens (tertiary/aromatic N) is 1. The monoisotopic (exact) mass is 309 g/mol. The molecule has 1 heterocycles. The van der Waals surface area contributed by atoms with Crippen LogP contribution in [-0.4, -0.2) is 29.9 Å². The minimum Gasteiger partial charge on any atom is -0.399 e. The van der Waals surface area contributed by atoms with E-state index in [0.717, 1.165) is 19.5 Å². The number of hydrogen-bond acceptors (Lipinski definition) is 3. The van der Waals surface area contributed by atoms with E-state index in [0.29, 0.717) is 28.2 Å². The smallest absolute Gasteiger partial charge is 0.241 e. The van der Waals surface area contributed by atoms with Gasteiger partial charge in [-0.2, -0.15) is 0 Å². The first-order valence-electron chi connectivity index (χ1n) is 7.48. The molecule has 0 aromatic heterocycles. The van der Waals surface area contributed by atoms with E-state index in [1.165, 1.54) is 0 Å². The molecule has 116 valence electrons. The van der Waals surface area contributed by atoms with Crippen LogP contribution < -0.4 is 11.1 Å². The van der Waals surface area contributed by atoms with Crippen LogP contribution in [0.2, 0.25) is 5.02 Å². The molecular formula is C16H24ClN3O. The molecule has 2 atom stereocenters. The fourth-order valence-electron chi connectivity index (χ4n) is 2.75. The summed E-state index contributed by atoms with van der Waals surface area (Å²) in [4.78, 5) is 14.6. The quantitative estimate of drug-likeness (QED) is 0.840. The highest BCUT2D eigenvalue weighted by Gasteiger charge is 2.31. The van der Waals surface area contributed by atoms with Crippen molar-refractivity contribution < 1.29 is 4.79 Å². The van der Waals surface area contributed by atoms with Gasteiger partial charge in [0.05, 0.1) is 16.8 Å². The van der Waals surface area contributed by atoms with Crippen molar-refractivity contribution >= 4 is 28.9 Å². The van der Waals surface area contributed by atoms with Gasteiger partial charge < -0.3 is 11.1 Å². The molecule has 21 heavy (non-hydrogen) atoms. The van der Waals surface area contributed by atoms with Gasteiger partial charge in [-0.1, -0.05) is 25.4 Å². The molecule has 1 aliphatic rings. The molecule has 0 radical (unpaired) electrons. The number of hydrogen-bond donors (Lipinski definition) is 2. The summed E-state index contributed by atoms with van der Waals surface area (Å²) in [6.45, 7) is 8.40. The van der Waals surface area contributed by atoms with Crippen LogP contribution in [0.15, 0.2) is 18.2 Å². The standard InChI is InChI=1S/C16H24ClN3O/c1-10(2)12-6-7-20(9-12)11(3)16(21)19-15-5-4-13(18)8-14(15)17/h4-5,8,10-12H,6-7,9,18H2,1-3H3,(H,19,21). The number of likely N-dealkylation sites (tertiary alicyclic amines) is 1. The molecular weight excluding hydrogens is 286 g/mol. The van der Waals surface area contributed by atoms with Crippen molar-refractivity contribution in [1.29, 1.82) is 0 Å². The molecule has 1 aliphatic heterocycles. The summed E-state index contributed by atoms with van der Waals surface area (Å²) in [5, 5.41) is 3.36. The summed E-state index contributed by atoms with van der Waals surface area (Å²) >= 11 is 6.09. The van der Waals surface area contributed by atoms with Crippen LogP contribution in [-0.2, 0) is 4.79 Å². The third-order valence-electron chi connectivity index (χ3n) is 4.38. The summed E-state index contributed by atoms with van der Waals surface area (Å²) in [6.07, 6.45) is 1.16. The highest BCUT2D eigenvalue weighted by Crippen LogP contribution is 2.27. The average Bonchev–Trinajstić information content (AvgIpc) is 2.90. The largest absolute Gasteiger partial charge is 0.399 e. The molecule has 5 heteroatoms. The number of carbonyl (C=O) groups is 1. The number of anilines is 2. The first kappa shape index (κ1) is 16.1. The predicted molar refractivity (Wildman–Crippen MR) is 88.5 cm³/mol. The van der Waals surface area contributed by atoms with Crippen LogP contribution >= 0.6 is 11.6 Å².